The first-order valence-corrected chi connectivity index (χ1v) is 56.0. The molecular formula is C108H215N17. The van der Waals surface area contributed by atoms with E-state index in [1.54, 1.807) is 0 Å². The van der Waals surface area contributed by atoms with E-state index in [1.807, 2.05) is 0 Å². The summed E-state index contributed by atoms with van der Waals surface area (Å²) in [5, 5.41) is 23.7. The first-order chi connectivity index (χ1) is 60.9. The highest BCUT2D eigenvalue weighted by Crippen LogP contribution is 2.40. The van der Waals surface area contributed by atoms with Gasteiger partial charge in [-0.3, -0.25) is 19.6 Å². The van der Waals surface area contributed by atoms with Gasteiger partial charge in [-0.2, -0.15) is 0 Å². The number of nitrogens with one attached hydrogen (secondary N) is 7. The van der Waals surface area contributed by atoms with Crippen molar-refractivity contribution in [3.63, 3.8) is 0 Å². The van der Waals surface area contributed by atoms with Gasteiger partial charge >= 0.3 is 0 Å². The van der Waals surface area contributed by atoms with Crippen molar-refractivity contribution in [2.45, 2.75) is 448 Å². The summed E-state index contributed by atoms with van der Waals surface area (Å²) in [7, 11) is 16.9. The van der Waals surface area contributed by atoms with Gasteiger partial charge in [-0.05, 0) is 406 Å². The summed E-state index contributed by atoms with van der Waals surface area (Å²) in [5.74, 6) is 10.1. The third-order valence-corrected chi connectivity index (χ3v) is 37.9. The molecule has 125 heavy (non-hydrogen) atoms. The Hall–Kier alpha value is -0.680. The minimum absolute atomic E-state index is 0.792. The summed E-state index contributed by atoms with van der Waals surface area (Å²) < 4.78 is 0. The highest BCUT2D eigenvalue weighted by atomic mass is 15.3. The molecule has 9 atom stereocenters. The van der Waals surface area contributed by atoms with Gasteiger partial charge in [0.2, 0.25) is 0 Å². The van der Waals surface area contributed by atoms with Crippen LogP contribution in [0.4, 0.5) is 0 Å². The number of likely N-dealkylation sites (tertiary alicyclic amines) is 10. The average Bonchev–Trinajstić information content (AvgIpc) is 1.09. The van der Waals surface area contributed by atoms with E-state index in [2.05, 4.69) is 212 Å². The van der Waals surface area contributed by atoms with Crippen molar-refractivity contribution in [3.05, 3.63) is 0 Å². The van der Waals surface area contributed by atoms with Crippen molar-refractivity contribution >= 4 is 0 Å². The third-order valence-electron chi connectivity index (χ3n) is 37.9. The molecule has 0 amide bonds. The minimum atomic E-state index is 0.792. The fourth-order valence-corrected chi connectivity index (χ4v) is 26.3. The van der Waals surface area contributed by atoms with Crippen molar-refractivity contribution in [3.8, 4) is 0 Å². The molecule has 7 N–H and O–H groups in total. The van der Waals surface area contributed by atoms with Crippen LogP contribution in [0.2, 0.25) is 0 Å². The van der Waals surface area contributed by atoms with Crippen LogP contribution in [0.5, 0.6) is 0 Å². The van der Waals surface area contributed by atoms with E-state index in [1.165, 1.54) is 413 Å². The van der Waals surface area contributed by atoms with Gasteiger partial charge < -0.3 is 66.6 Å². The number of piperidine rings is 4. The Bertz CT molecular complexity index is 2480. The highest BCUT2D eigenvalue weighted by molar-refractivity contribution is 4.99. The van der Waals surface area contributed by atoms with Crippen molar-refractivity contribution in [2.24, 2.45) is 59.2 Å². The van der Waals surface area contributed by atoms with Crippen LogP contribution in [-0.4, -0.2) is 333 Å². The number of nitrogens with zero attached hydrogens (tertiary/aromatic N) is 10. The van der Waals surface area contributed by atoms with Crippen molar-refractivity contribution in [1.29, 1.82) is 0 Å². The molecule has 8 aliphatic carbocycles. The van der Waals surface area contributed by atoms with Crippen LogP contribution in [0, 0.1) is 59.2 Å². The Morgan fingerprint density at radius 1 is 0.160 bits per heavy atom. The molecule has 10 aliphatic heterocycles. The molecule has 18 rings (SSSR count). The summed E-state index contributed by atoms with van der Waals surface area (Å²) in [6.45, 7) is 50.6. The fourth-order valence-electron chi connectivity index (χ4n) is 26.3. The Morgan fingerprint density at radius 3 is 0.688 bits per heavy atom. The summed E-state index contributed by atoms with van der Waals surface area (Å²) >= 11 is 0. The van der Waals surface area contributed by atoms with Crippen LogP contribution in [0.3, 0.4) is 0 Å². The summed E-state index contributed by atoms with van der Waals surface area (Å²) in [4.78, 5) is 27.0. The maximum Gasteiger partial charge on any atom is 0.0125 e. The second kappa shape index (κ2) is 58.0. The maximum atomic E-state index is 3.42. The SMILES string of the molecule is CCC1CCN(C2CC(NC)C2)C1.CCC1CCN(C2CC(NC)C2)CC1.CCC1CCN(C2CCC(CC)C2)CC1.CCC1CCN(C2CCC(NC)C2)C1.CCC1CCN(C2CCC(NC)CC2)C1.CCC1CCN(C2CCN(C)CC2)CC1.CCC1CN(C2CC(NC)C2)C1.CCC1CN(C2CCC(NC)C2)C1.CCC1CN(C2CCC(NC)CC2)C1. The van der Waals surface area contributed by atoms with E-state index in [-0.39, 0.29) is 0 Å². The minimum Gasteiger partial charge on any atom is -0.317 e. The quantitative estimate of drug-likeness (QED) is 0.0445. The van der Waals surface area contributed by atoms with E-state index in [9.17, 15) is 0 Å². The monoisotopic (exact) mass is 1750 g/mol. The van der Waals surface area contributed by atoms with Crippen molar-refractivity contribution in [2.75, 3.05) is 187 Å². The summed E-state index contributed by atoms with van der Waals surface area (Å²) in [6.07, 6.45) is 62.0. The van der Waals surface area contributed by atoms with Crippen molar-refractivity contribution < 1.29 is 0 Å². The zero-order chi connectivity index (χ0) is 89.0. The van der Waals surface area contributed by atoms with Crippen LogP contribution in [0.15, 0.2) is 0 Å². The van der Waals surface area contributed by atoms with Gasteiger partial charge in [0.1, 0.15) is 0 Å². The van der Waals surface area contributed by atoms with Crippen LogP contribution in [-0.2, 0) is 0 Å². The molecule has 732 valence electrons. The number of hydrogen-bond donors (Lipinski definition) is 7. The molecule has 0 aromatic rings. The molecule has 0 aromatic heterocycles. The first kappa shape index (κ1) is 106. The lowest BCUT2D eigenvalue weighted by Crippen LogP contribution is -2.59. The van der Waals surface area contributed by atoms with Gasteiger partial charge in [-0.15, -0.1) is 0 Å². The zero-order valence-corrected chi connectivity index (χ0v) is 86.2. The van der Waals surface area contributed by atoms with E-state index in [4.69, 9.17) is 0 Å². The fraction of sp³-hybridized carbons (Fsp3) is 1.00. The van der Waals surface area contributed by atoms with E-state index in [0.717, 1.165) is 156 Å². The predicted octanol–water partition coefficient (Wildman–Crippen LogP) is 17.7. The molecule has 10 heterocycles. The van der Waals surface area contributed by atoms with E-state index >= 15 is 0 Å². The molecule has 18 fully saturated rings. The molecule has 0 bridgehead atoms. The topological polar surface area (TPSA) is 117 Å². The molecule has 0 aromatic carbocycles. The summed E-state index contributed by atoms with van der Waals surface area (Å²) in [6, 6.07) is 13.8. The smallest absolute Gasteiger partial charge is 0.0125 e. The van der Waals surface area contributed by atoms with Crippen molar-refractivity contribution in [1.82, 2.24) is 86.2 Å². The second-order valence-electron chi connectivity index (χ2n) is 45.1. The lowest BCUT2D eigenvalue weighted by atomic mass is 9.82. The largest absolute Gasteiger partial charge is 0.317 e. The third kappa shape index (κ3) is 33.9. The number of hydrogen-bond acceptors (Lipinski definition) is 17. The standard InChI is InChI=1S/C14H27N.2C13H26N2.3C12H24N2.2C11H22N2.C10H20N2/c1-3-12-7-9-15(10-8-12)14-6-5-13(4-2)11-14;1-3-12-4-10-15(11-5-12)13-6-8-14(2)9-7-13;1-3-11-8-9-15(10-11)13-6-4-12(14-2)5-7-13;1-3-10-8-14(9-10)12-6-4-11(13-2)5-7-12;1-3-10-4-6-14(7-5-10)12-8-11(9-12)13-2;1-3-10-6-7-14(9-10)12-5-4-11(8-12)13-2;1-3-9-7-13(8-9)11-5-4-10(6-11)12-2;1-3-9-4-5-13(8-9)11-6-10(7-11)12-2;1-3-8-6-12(7-8)10-4-9(5-10)11-2/h12-14H,3-11H2,1-2H3;12-13H,3-11H2,1-2H3;11-14H,3-10H2,1-2H3;3*10-13H,3-9H2,1-2H3;2*9-12H,3-8H2,1-2H3;8-11H,3-7H2,1-2H3. The maximum absolute atomic E-state index is 3.42. The van der Waals surface area contributed by atoms with Gasteiger partial charge in [0.05, 0.1) is 0 Å². The van der Waals surface area contributed by atoms with Gasteiger partial charge in [-0.25, -0.2) is 0 Å². The van der Waals surface area contributed by atoms with Crippen LogP contribution >= 0.6 is 0 Å². The van der Waals surface area contributed by atoms with E-state index in [0.29, 0.717) is 0 Å². The normalized spacial score (nSPS) is 36.2. The highest BCUT2D eigenvalue weighted by Gasteiger charge is 2.42. The van der Waals surface area contributed by atoms with Crippen LogP contribution in [0.25, 0.3) is 0 Å². The lowest BCUT2D eigenvalue weighted by molar-refractivity contribution is 0.00238. The lowest BCUT2D eigenvalue weighted by Gasteiger charge is -2.50. The molecule has 0 radical (unpaired) electrons. The molecule has 18 aliphatic rings. The second-order valence-corrected chi connectivity index (χ2v) is 45.1. The Labute approximate surface area is 776 Å². The molecule has 0 spiro atoms. The average molecular weight is 1750 g/mol. The molecule has 17 nitrogen and oxygen atoms in total. The Morgan fingerprint density at radius 2 is 0.368 bits per heavy atom. The van der Waals surface area contributed by atoms with Gasteiger partial charge in [0.25, 0.3) is 0 Å². The molecule has 8 saturated carbocycles. The molecular weight excluding hydrogens is 1540 g/mol. The Balaban J connectivity index is 0.000000147. The Kier molecular flexibility index (Phi) is 49.4. The van der Waals surface area contributed by atoms with Gasteiger partial charge in [0, 0.05) is 156 Å². The van der Waals surface area contributed by atoms with Crippen LogP contribution < -0.4 is 37.2 Å². The first-order valence-electron chi connectivity index (χ1n) is 56.0. The number of rotatable bonds is 26. The predicted molar refractivity (Wildman–Crippen MR) is 540 cm³/mol. The zero-order valence-electron chi connectivity index (χ0n) is 86.2. The molecule has 17 heteroatoms. The van der Waals surface area contributed by atoms with E-state index < -0.39 is 0 Å². The van der Waals surface area contributed by atoms with Crippen LogP contribution in [0.1, 0.15) is 352 Å². The molecule has 9 unspecified atom stereocenters. The molecule has 10 saturated heterocycles. The van der Waals surface area contributed by atoms with Gasteiger partial charge in [-0.1, -0.05) is 133 Å². The van der Waals surface area contributed by atoms with Gasteiger partial charge in [0.15, 0.2) is 0 Å². The summed E-state index contributed by atoms with van der Waals surface area (Å²) in [5.41, 5.74) is 0.